The van der Waals surface area contributed by atoms with Crippen molar-refractivity contribution in [3.05, 3.63) is 0 Å². The zero-order valence-corrected chi connectivity index (χ0v) is 10.6. The Balaban J connectivity index is 1.46. The maximum Gasteiger partial charge on any atom is 0.0733 e. The molecule has 1 N–H and O–H groups in total. The minimum Gasteiger partial charge on any atom is -0.380 e. The van der Waals surface area contributed by atoms with Crippen molar-refractivity contribution in [3.63, 3.8) is 0 Å². The van der Waals surface area contributed by atoms with Crippen LogP contribution < -0.4 is 5.32 Å². The van der Waals surface area contributed by atoms with Crippen molar-refractivity contribution >= 4 is 0 Å². The summed E-state index contributed by atoms with van der Waals surface area (Å²) in [5.41, 5.74) is 0. The second-order valence-corrected chi connectivity index (χ2v) is 5.47. The topological polar surface area (TPSA) is 30.5 Å². The Hall–Kier alpha value is -0.120. The molecule has 2 fully saturated rings. The molecule has 2 aliphatic heterocycles. The van der Waals surface area contributed by atoms with Crippen molar-refractivity contribution in [3.8, 4) is 0 Å². The van der Waals surface area contributed by atoms with Gasteiger partial charge in [0.15, 0.2) is 0 Å². The molecule has 0 aromatic carbocycles. The van der Waals surface area contributed by atoms with Crippen LogP contribution in [0.1, 0.15) is 39.5 Å². The molecule has 2 saturated heterocycles. The molecule has 0 aliphatic carbocycles. The fourth-order valence-corrected chi connectivity index (χ4v) is 2.59. The third kappa shape index (κ3) is 3.44. The summed E-state index contributed by atoms with van der Waals surface area (Å²) in [6.07, 6.45) is 5.92. The van der Waals surface area contributed by atoms with Gasteiger partial charge < -0.3 is 14.8 Å². The standard InChI is InChI=1S/C13H25NO2/c1-10(2)5-7-15-8-6-14-12-9-11-3-4-13(12)16-11/h10-14H,3-9H2,1-2H3. The molecule has 3 nitrogen and oxygen atoms in total. The van der Waals surface area contributed by atoms with Gasteiger partial charge in [-0.15, -0.1) is 0 Å². The molecule has 2 bridgehead atoms. The fourth-order valence-electron chi connectivity index (χ4n) is 2.59. The van der Waals surface area contributed by atoms with Crippen molar-refractivity contribution < 1.29 is 9.47 Å². The first kappa shape index (κ1) is 12.3. The highest BCUT2D eigenvalue weighted by Crippen LogP contribution is 2.34. The minimum absolute atomic E-state index is 0.487. The molecule has 2 rings (SSSR count). The van der Waals surface area contributed by atoms with Crippen LogP contribution in [-0.2, 0) is 9.47 Å². The van der Waals surface area contributed by atoms with Gasteiger partial charge in [-0.3, -0.25) is 0 Å². The number of nitrogens with one attached hydrogen (secondary N) is 1. The van der Waals surface area contributed by atoms with Crippen LogP contribution in [0.25, 0.3) is 0 Å². The molecule has 2 heterocycles. The Morgan fingerprint density at radius 1 is 1.31 bits per heavy atom. The van der Waals surface area contributed by atoms with E-state index in [1.54, 1.807) is 0 Å². The number of hydrogen-bond donors (Lipinski definition) is 1. The van der Waals surface area contributed by atoms with Crippen LogP contribution >= 0.6 is 0 Å². The van der Waals surface area contributed by atoms with E-state index >= 15 is 0 Å². The van der Waals surface area contributed by atoms with Crippen LogP contribution in [0.5, 0.6) is 0 Å². The van der Waals surface area contributed by atoms with Gasteiger partial charge >= 0.3 is 0 Å². The van der Waals surface area contributed by atoms with E-state index in [1.807, 2.05) is 0 Å². The third-order valence-corrected chi connectivity index (χ3v) is 3.60. The molecule has 0 amide bonds. The van der Waals surface area contributed by atoms with E-state index in [4.69, 9.17) is 9.47 Å². The second kappa shape index (κ2) is 5.99. The Morgan fingerprint density at radius 2 is 2.19 bits per heavy atom. The highest BCUT2D eigenvalue weighted by Gasteiger charge is 2.40. The Bertz CT molecular complexity index is 208. The van der Waals surface area contributed by atoms with Gasteiger partial charge in [-0.25, -0.2) is 0 Å². The first-order valence-corrected chi connectivity index (χ1v) is 6.72. The van der Waals surface area contributed by atoms with Crippen LogP contribution in [-0.4, -0.2) is 38.0 Å². The zero-order chi connectivity index (χ0) is 11.4. The van der Waals surface area contributed by atoms with Crippen LogP contribution in [0, 0.1) is 5.92 Å². The first-order chi connectivity index (χ1) is 7.75. The maximum atomic E-state index is 5.79. The van der Waals surface area contributed by atoms with Crippen molar-refractivity contribution in [2.24, 2.45) is 5.92 Å². The predicted molar refractivity (Wildman–Crippen MR) is 64.6 cm³/mol. The molecular formula is C13H25NO2. The molecule has 3 unspecified atom stereocenters. The quantitative estimate of drug-likeness (QED) is 0.674. The van der Waals surface area contributed by atoms with Gasteiger partial charge in [0.1, 0.15) is 0 Å². The summed E-state index contributed by atoms with van der Waals surface area (Å²) in [6, 6.07) is 0.590. The Labute approximate surface area is 98.9 Å². The molecule has 0 radical (unpaired) electrons. The molecule has 2 aliphatic rings. The molecule has 3 heteroatoms. The fraction of sp³-hybridized carbons (Fsp3) is 1.00. The van der Waals surface area contributed by atoms with E-state index in [-0.39, 0.29) is 0 Å². The molecular weight excluding hydrogens is 202 g/mol. The van der Waals surface area contributed by atoms with Gasteiger partial charge in [0.05, 0.1) is 18.8 Å². The number of rotatable bonds is 7. The van der Waals surface area contributed by atoms with Crippen molar-refractivity contribution in [1.82, 2.24) is 5.32 Å². The molecule has 0 aromatic rings. The summed E-state index contributed by atoms with van der Waals surface area (Å²) >= 11 is 0. The van der Waals surface area contributed by atoms with E-state index in [9.17, 15) is 0 Å². The second-order valence-electron chi connectivity index (χ2n) is 5.47. The van der Waals surface area contributed by atoms with Crippen molar-refractivity contribution in [1.29, 1.82) is 0 Å². The first-order valence-electron chi connectivity index (χ1n) is 6.72. The number of fused-ring (bicyclic) bond motifs is 2. The third-order valence-electron chi connectivity index (χ3n) is 3.60. The lowest BCUT2D eigenvalue weighted by atomic mass is 9.95. The van der Waals surface area contributed by atoms with Crippen LogP contribution in [0.3, 0.4) is 0 Å². The summed E-state index contributed by atoms with van der Waals surface area (Å²) < 4.78 is 11.4. The highest BCUT2D eigenvalue weighted by molar-refractivity contribution is 4.93. The molecule has 0 aromatic heterocycles. The zero-order valence-electron chi connectivity index (χ0n) is 10.6. The van der Waals surface area contributed by atoms with Gasteiger partial charge in [0.2, 0.25) is 0 Å². The SMILES string of the molecule is CC(C)CCOCCNC1CC2CCC1O2. The molecule has 94 valence electrons. The monoisotopic (exact) mass is 227 g/mol. The van der Waals surface area contributed by atoms with Crippen molar-refractivity contribution in [2.45, 2.75) is 57.8 Å². The lowest BCUT2D eigenvalue weighted by molar-refractivity contribution is 0.0930. The van der Waals surface area contributed by atoms with E-state index < -0.39 is 0 Å². The largest absolute Gasteiger partial charge is 0.380 e. The summed E-state index contributed by atoms with van der Waals surface area (Å²) in [7, 11) is 0. The van der Waals surface area contributed by atoms with E-state index in [0.717, 1.165) is 32.1 Å². The smallest absolute Gasteiger partial charge is 0.0733 e. The molecule has 16 heavy (non-hydrogen) atoms. The summed E-state index contributed by atoms with van der Waals surface area (Å²) in [5.74, 6) is 0.743. The van der Waals surface area contributed by atoms with Gasteiger partial charge in [0, 0.05) is 19.2 Å². The van der Waals surface area contributed by atoms with Gasteiger partial charge in [0.25, 0.3) is 0 Å². The molecule has 0 saturated carbocycles. The Kier molecular flexibility index (Phi) is 4.62. The lowest BCUT2D eigenvalue weighted by Crippen LogP contribution is -2.39. The average Bonchev–Trinajstić information content (AvgIpc) is 2.84. The maximum absolute atomic E-state index is 5.79. The average molecular weight is 227 g/mol. The number of hydrogen-bond acceptors (Lipinski definition) is 3. The van der Waals surface area contributed by atoms with Gasteiger partial charge in [-0.2, -0.15) is 0 Å². The molecule has 0 spiro atoms. The summed E-state index contributed by atoms with van der Waals surface area (Å²) in [6.45, 7) is 7.16. The summed E-state index contributed by atoms with van der Waals surface area (Å²) in [5, 5.41) is 3.55. The Morgan fingerprint density at radius 3 is 2.81 bits per heavy atom. The predicted octanol–water partition coefficient (Wildman–Crippen LogP) is 1.96. The van der Waals surface area contributed by atoms with E-state index in [2.05, 4.69) is 19.2 Å². The van der Waals surface area contributed by atoms with E-state index in [1.165, 1.54) is 19.3 Å². The highest BCUT2D eigenvalue weighted by atomic mass is 16.5. The normalized spacial score (nSPS) is 32.8. The van der Waals surface area contributed by atoms with Gasteiger partial charge in [-0.05, 0) is 31.6 Å². The van der Waals surface area contributed by atoms with Crippen molar-refractivity contribution in [2.75, 3.05) is 19.8 Å². The summed E-state index contributed by atoms with van der Waals surface area (Å²) in [4.78, 5) is 0. The van der Waals surface area contributed by atoms with Crippen LogP contribution in [0.2, 0.25) is 0 Å². The lowest BCUT2D eigenvalue weighted by Gasteiger charge is -2.20. The van der Waals surface area contributed by atoms with Gasteiger partial charge in [-0.1, -0.05) is 13.8 Å². The van der Waals surface area contributed by atoms with E-state index in [0.29, 0.717) is 18.2 Å². The van der Waals surface area contributed by atoms with Crippen LogP contribution in [0.4, 0.5) is 0 Å². The number of ether oxygens (including phenoxy) is 2. The minimum atomic E-state index is 0.487. The van der Waals surface area contributed by atoms with Crippen LogP contribution in [0.15, 0.2) is 0 Å². The molecule has 3 atom stereocenters.